The molecule has 0 radical (unpaired) electrons. The van der Waals surface area contributed by atoms with Gasteiger partial charge in [-0.3, -0.25) is 4.79 Å². The predicted octanol–water partition coefficient (Wildman–Crippen LogP) is 1.29. The highest BCUT2D eigenvalue weighted by molar-refractivity contribution is 5.77. The Bertz CT molecular complexity index is 341. The van der Waals surface area contributed by atoms with Gasteiger partial charge in [-0.25, -0.2) is 4.79 Å². The summed E-state index contributed by atoms with van der Waals surface area (Å²) in [7, 11) is 0. The fourth-order valence-corrected chi connectivity index (χ4v) is 2.52. The zero-order valence-electron chi connectivity index (χ0n) is 10.4. The van der Waals surface area contributed by atoms with Gasteiger partial charge in [0.05, 0.1) is 5.92 Å². The van der Waals surface area contributed by atoms with Gasteiger partial charge in [0, 0.05) is 19.1 Å². The zero-order chi connectivity index (χ0) is 12.6. The minimum atomic E-state index is -0.802. The van der Waals surface area contributed by atoms with Crippen LogP contribution < -0.4 is 5.32 Å². The van der Waals surface area contributed by atoms with Crippen molar-refractivity contribution < 1.29 is 14.7 Å². The topological polar surface area (TPSA) is 69.6 Å². The molecule has 96 valence electrons. The molecular weight excluding hydrogens is 220 g/mol. The maximum atomic E-state index is 11.9. The van der Waals surface area contributed by atoms with Gasteiger partial charge in [-0.2, -0.15) is 0 Å². The second-order valence-corrected chi connectivity index (χ2v) is 5.80. The van der Waals surface area contributed by atoms with Crippen molar-refractivity contribution in [3.05, 3.63) is 0 Å². The number of urea groups is 1. The Morgan fingerprint density at radius 1 is 1.35 bits per heavy atom. The van der Waals surface area contributed by atoms with E-state index in [0.717, 1.165) is 12.8 Å². The highest BCUT2D eigenvalue weighted by Crippen LogP contribution is 2.40. The largest absolute Gasteiger partial charge is 0.481 e. The van der Waals surface area contributed by atoms with Crippen LogP contribution in [0.3, 0.4) is 0 Å². The van der Waals surface area contributed by atoms with Crippen LogP contribution in [0.25, 0.3) is 0 Å². The predicted molar refractivity (Wildman–Crippen MR) is 62.7 cm³/mol. The first-order chi connectivity index (χ1) is 7.90. The first kappa shape index (κ1) is 12.2. The van der Waals surface area contributed by atoms with E-state index < -0.39 is 11.9 Å². The normalized spacial score (nSPS) is 30.8. The molecule has 1 aliphatic heterocycles. The highest BCUT2D eigenvalue weighted by atomic mass is 16.4. The van der Waals surface area contributed by atoms with Gasteiger partial charge in [0.2, 0.25) is 0 Å². The van der Waals surface area contributed by atoms with Gasteiger partial charge < -0.3 is 15.3 Å². The molecule has 0 aromatic rings. The summed E-state index contributed by atoms with van der Waals surface area (Å²) in [5.74, 6) is -1.19. The standard InChI is InChI=1S/C12H20N2O3/c1-12(2)5-3-9(12)13-11(17)14-6-4-8(7-14)10(15)16/h8-9H,3-7H2,1-2H3,(H,13,17)(H,15,16). The lowest BCUT2D eigenvalue weighted by atomic mass is 9.67. The third kappa shape index (κ3) is 2.37. The van der Waals surface area contributed by atoms with E-state index in [1.165, 1.54) is 0 Å². The number of nitrogens with zero attached hydrogens (tertiary/aromatic N) is 1. The number of carboxylic acids is 1. The Morgan fingerprint density at radius 3 is 2.47 bits per heavy atom. The van der Waals surface area contributed by atoms with Gasteiger partial charge in [0.1, 0.15) is 0 Å². The Morgan fingerprint density at radius 2 is 2.06 bits per heavy atom. The average Bonchev–Trinajstić information content (AvgIpc) is 2.73. The van der Waals surface area contributed by atoms with Crippen LogP contribution in [-0.4, -0.2) is 41.1 Å². The lowest BCUT2D eigenvalue weighted by Crippen LogP contribution is -2.55. The molecule has 5 nitrogen and oxygen atoms in total. The monoisotopic (exact) mass is 240 g/mol. The van der Waals surface area contributed by atoms with Crippen molar-refractivity contribution in [2.75, 3.05) is 13.1 Å². The molecule has 2 amide bonds. The first-order valence-electron chi connectivity index (χ1n) is 6.18. The van der Waals surface area contributed by atoms with Crippen molar-refractivity contribution in [3.8, 4) is 0 Å². The molecule has 1 saturated carbocycles. The molecule has 2 fully saturated rings. The van der Waals surface area contributed by atoms with Crippen LogP contribution in [0.2, 0.25) is 0 Å². The Kier molecular flexibility index (Phi) is 3.02. The van der Waals surface area contributed by atoms with E-state index in [1.807, 2.05) is 0 Å². The number of hydrogen-bond donors (Lipinski definition) is 2. The molecular formula is C12H20N2O3. The quantitative estimate of drug-likeness (QED) is 0.764. The Hall–Kier alpha value is -1.26. The molecule has 1 aliphatic carbocycles. The molecule has 2 N–H and O–H groups in total. The number of carbonyl (C=O) groups excluding carboxylic acids is 1. The third-order valence-corrected chi connectivity index (χ3v) is 4.14. The molecule has 2 unspecified atom stereocenters. The van der Waals surface area contributed by atoms with Crippen molar-refractivity contribution in [3.63, 3.8) is 0 Å². The molecule has 0 aromatic carbocycles. The fourth-order valence-electron chi connectivity index (χ4n) is 2.52. The van der Waals surface area contributed by atoms with Crippen LogP contribution in [0.1, 0.15) is 33.1 Å². The van der Waals surface area contributed by atoms with E-state index in [4.69, 9.17) is 5.11 Å². The maximum absolute atomic E-state index is 11.9. The molecule has 0 bridgehead atoms. The first-order valence-corrected chi connectivity index (χ1v) is 6.18. The fraction of sp³-hybridized carbons (Fsp3) is 0.833. The number of carbonyl (C=O) groups is 2. The molecule has 17 heavy (non-hydrogen) atoms. The van der Waals surface area contributed by atoms with E-state index in [0.29, 0.717) is 19.5 Å². The molecule has 2 aliphatic rings. The van der Waals surface area contributed by atoms with E-state index in [2.05, 4.69) is 19.2 Å². The van der Waals surface area contributed by atoms with Gasteiger partial charge in [0.25, 0.3) is 0 Å². The average molecular weight is 240 g/mol. The lowest BCUT2D eigenvalue weighted by Gasteiger charge is -2.45. The number of likely N-dealkylation sites (tertiary alicyclic amines) is 1. The number of hydrogen-bond acceptors (Lipinski definition) is 2. The summed E-state index contributed by atoms with van der Waals surface area (Å²) in [5.41, 5.74) is 0.182. The van der Waals surface area contributed by atoms with Crippen LogP contribution in [-0.2, 0) is 4.79 Å². The minimum Gasteiger partial charge on any atom is -0.481 e. The Labute approximate surface area is 101 Å². The van der Waals surface area contributed by atoms with Gasteiger partial charge in [0.15, 0.2) is 0 Å². The van der Waals surface area contributed by atoms with Crippen molar-refractivity contribution in [2.24, 2.45) is 11.3 Å². The van der Waals surface area contributed by atoms with Crippen LogP contribution in [0, 0.1) is 11.3 Å². The molecule has 1 saturated heterocycles. The van der Waals surface area contributed by atoms with Gasteiger partial charge in [-0.15, -0.1) is 0 Å². The van der Waals surface area contributed by atoms with E-state index in [9.17, 15) is 9.59 Å². The van der Waals surface area contributed by atoms with E-state index >= 15 is 0 Å². The van der Waals surface area contributed by atoms with Crippen molar-refractivity contribution in [1.82, 2.24) is 10.2 Å². The zero-order valence-corrected chi connectivity index (χ0v) is 10.4. The smallest absolute Gasteiger partial charge is 0.317 e. The second kappa shape index (κ2) is 4.20. The maximum Gasteiger partial charge on any atom is 0.317 e. The summed E-state index contributed by atoms with van der Waals surface area (Å²) < 4.78 is 0. The molecule has 0 aromatic heterocycles. The third-order valence-electron chi connectivity index (χ3n) is 4.14. The van der Waals surface area contributed by atoms with Crippen molar-refractivity contribution in [2.45, 2.75) is 39.2 Å². The number of aliphatic carboxylic acids is 1. The van der Waals surface area contributed by atoms with E-state index in [-0.39, 0.29) is 17.5 Å². The summed E-state index contributed by atoms with van der Waals surface area (Å²) in [6.45, 7) is 5.18. The Balaban J connectivity index is 1.84. The number of amides is 2. The van der Waals surface area contributed by atoms with Crippen molar-refractivity contribution in [1.29, 1.82) is 0 Å². The van der Waals surface area contributed by atoms with Crippen LogP contribution in [0.5, 0.6) is 0 Å². The number of nitrogens with one attached hydrogen (secondary N) is 1. The lowest BCUT2D eigenvalue weighted by molar-refractivity contribution is -0.141. The summed E-state index contributed by atoms with van der Waals surface area (Å²) >= 11 is 0. The van der Waals surface area contributed by atoms with E-state index in [1.54, 1.807) is 4.90 Å². The summed E-state index contributed by atoms with van der Waals surface area (Å²) in [6, 6.07) is 0.130. The van der Waals surface area contributed by atoms with Crippen molar-refractivity contribution >= 4 is 12.0 Å². The molecule has 0 spiro atoms. The SMILES string of the molecule is CC1(C)CCC1NC(=O)N1CCC(C(=O)O)C1. The molecule has 5 heteroatoms. The van der Waals surface area contributed by atoms with Gasteiger partial charge in [-0.05, 0) is 24.7 Å². The number of carboxylic acid groups (broad SMARTS) is 1. The summed E-state index contributed by atoms with van der Waals surface area (Å²) in [4.78, 5) is 24.3. The summed E-state index contributed by atoms with van der Waals surface area (Å²) in [5, 5.41) is 11.9. The summed E-state index contributed by atoms with van der Waals surface area (Å²) in [6.07, 6.45) is 2.72. The second-order valence-electron chi connectivity index (χ2n) is 5.80. The van der Waals surface area contributed by atoms with Gasteiger partial charge >= 0.3 is 12.0 Å². The molecule has 2 atom stereocenters. The highest BCUT2D eigenvalue weighted by Gasteiger charge is 2.40. The molecule has 1 heterocycles. The number of rotatable bonds is 2. The minimum absolute atomic E-state index is 0.105. The molecule has 2 rings (SSSR count). The van der Waals surface area contributed by atoms with Crippen LogP contribution >= 0.6 is 0 Å². The van der Waals surface area contributed by atoms with Gasteiger partial charge in [-0.1, -0.05) is 13.8 Å². The van der Waals surface area contributed by atoms with Crippen LogP contribution in [0.4, 0.5) is 4.79 Å². The van der Waals surface area contributed by atoms with Crippen LogP contribution in [0.15, 0.2) is 0 Å².